The number of aryl methyl sites for hydroxylation is 2. The van der Waals surface area contributed by atoms with Gasteiger partial charge >= 0.3 is 0 Å². The summed E-state index contributed by atoms with van der Waals surface area (Å²) in [5.41, 5.74) is 1.34. The molecule has 9 heteroatoms. The van der Waals surface area contributed by atoms with Crippen molar-refractivity contribution in [3.8, 4) is 11.5 Å². The van der Waals surface area contributed by atoms with Crippen LogP contribution in [0.1, 0.15) is 35.1 Å². The van der Waals surface area contributed by atoms with Crippen LogP contribution < -0.4 is 9.47 Å². The van der Waals surface area contributed by atoms with Crippen LogP contribution in [-0.4, -0.2) is 78.0 Å². The van der Waals surface area contributed by atoms with E-state index in [-0.39, 0.29) is 11.3 Å². The molecule has 0 radical (unpaired) electrons. The molecular formula is C24H30N4O5. The smallest absolute Gasteiger partial charge is 0.295 e. The van der Waals surface area contributed by atoms with Gasteiger partial charge in [0.1, 0.15) is 23.1 Å². The highest BCUT2D eigenvalue weighted by Gasteiger charge is 2.47. The monoisotopic (exact) mass is 454 g/mol. The Kier molecular flexibility index (Phi) is 7.33. The molecule has 2 heterocycles. The minimum absolute atomic E-state index is 0.0213. The lowest BCUT2D eigenvalue weighted by molar-refractivity contribution is -0.140. The number of carbonyl (C=O) groups is 2. The van der Waals surface area contributed by atoms with E-state index in [1.54, 1.807) is 32.0 Å². The molecule has 33 heavy (non-hydrogen) atoms. The Balaban J connectivity index is 2.22. The predicted molar refractivity (Wildman–Crippen MR) is 123 cm³/mol. The van der Waals surface area contributed by atoms with Crippen molar-refractivity contribution in [2.45, 2.75) is 26.3 Å². The van der Waals surface area contributed by atoms with E-state index in [0.717, 1.165) is 6.54 Å². The number of likely N-dealkylation sites (tertiary alicyclic amines) is 1. The number of amides is 1. The number of Topliss-reactive ketones (excluding diaryl/α,β-unsaturated/α-hetero) is 1. The number of hydrogen-bond acceptors (Lipinski definition) is 8. The van der Waals surface area contributed by atoms with Gasteiger partial charge in [-0.2, -0.15) is 0 Å². The highest BCUT2D eigenvalue weighted by Crippen LogP contribution is 2.44. The molecule has 0 aliphatic carbocycles. The normalized spacial score (nSPS) is 17.7. The lowest BCUT2D eigenvalue weighted by Crippen LogP contribution is -2.32. The van der Waals surface area contributed by atoms with Crippen LogP contribution in [0.4, 0.5) is 0 Å². The van der Waals surface area contributed by atoms with Gasteiger partial charge in [0.25, 0.3) is 11.7 Å². The molecule has 9 nitrogen and oxygen atoms in total. The third kappa shape index (κ3) is 4.83. The number of carbonyl (C=O) groups excluding carboxylic acids is 2. The van der Waals surface area contributed by atoms with E-state index in [4.69, 9.17) is 9.47 Å². The van der Waals surface area contributed by atoms with Crippen LogP contribution in [0, 0.1) is 13.8 Å². The molecule has 0 bridgehead atoms. The number of hydrogen-bond donors (Lipinski definition) is 1. The number of aliphatic hydroxyl groups excluding tert-OH is 1. The second-order valence-electron chi connectivity index (χ2n) is 8.17. The maximum atomic E-state index is 13.2. The number of aliphatic hydroxyl groups is 1. The molecule has 1 atom stereocenters. The van der Waals surface area contributed by atoms with Crippen LogP contribution in [0.15, 0.2) is 30.0 Å². The summed E-state index contributed by atoms with van der Waals surface area (Å²) in [7, 11) is 6.93. The molecule has 1 aromatic carbocycles. The number of ether oxygens (including phenoxy) is 2. The number of aromatic nitrogens is 2. The summed E-state index contributed by atoms with van der Waals surface area (Å²) in [6.07, 6.45) is 2.11. The van der Waals surface area contributed by atoms with Crippen molar-refractivity contribution in [2.75, 3.05) is 41.4 Å². The zero-order valence-corrected chi connectivity index (χ0v) is 19.9. The first-order valence-corrected chi connectivity index (χ1v) is 10.6. The van der Waals surface area contributed by atoms with Gasteiger partial charge in [0.2, 0.25) is 0 Å². The fraction of sp³-hybridized carbons (Fsp3) is 0.417. The summed E-state index contributed by atoms with van der Waals surface area (Å²) in [4.78, 5) is 38.3. The highest BCUT2D eigenvalue weighted by molar-refractivity contribution is 6.46. The van der Waals surface area contributed by atoms with Crippen molar-refractivity contribution >= 4 is 17.4 Å². The second kappa shape index (κ2) is 9.99. The van der Waals surface area contributed by atoms with Gasteiger partial charge in [-0.3, -0.25) is 9.59 Å². The van der Waals surface area contributed by atoms with Gasteiger partial charge in [0.15, 0.2) is 0 Å². The molecular weight excluding hydrogens is 424 g/mol. The Morgan fingerprint density at radius 3 is 2.52 bits per heavy atom. The largest absolute Gasteiger partial charge is 0.507 e. The number of ketones is 1. The van der Waals surface area contributed by atoms with E-state index in [1.807, 2.05) is 19.0 Å². The van der Waals surface area contributed by atoms with E-state index < -0.39 is 17.7 Å². The molecule has 1 aliphatic heterocycles. The average molecular weight is 455 g/mol. The molecule has 1 aromatic heterocycles. The Morgan fingerprint density at radius 1 is 1.18 bits per heavy atom. The lowest BCUT2D eigenvalue weighted by atomic mass is 9.94. The third-order valence-electron chi connectivity index (χ3n) is 5.63. The summed E-state index contributed by atoms with van der Waals surface area (Å²) in [5, 5.41) is 11.3. The van der Waals surface area contributed by atoms with Crippen molar-refractivity contribution < 1.29 is 24.2 Å². The molecule has 0 saturated carbocycles. The fourth-order valence-corrected chi connectivity index (χ4v) is 4.01. The molecule has 1 aliphatic rings. The van der Waals surface area contributed by atoms with E-state index in [1.165, 1.54) is 25.3 Å². The van der Waals surface area contributed by atoms with Gasteiger partial charge in [-0.15, -0.1) is 0 Å². The Labute approximate surface area is 193 Å². The predicted octanol–water partition coefficient (Wildman–Crippen LogP) is 2.48. The van der Waals surface area contributed by atoms with Crippen LogP contribution in [0.2, 0.25) is 0 Å². The van der Waals surface area contributed by atoms with Gasteiger partial charge in [-0.25, -0.2) is 9.97 Å². The van der Waals surface area contributed by atoms with Crippen molar-refractivity contribution in [1.82, 2.24) is 19.8 Å². The first-order valence-electron chi connectivity index (χ1n) is 10.6. The number of rotatable bonds is 8. The molecule has 1 N–H and O–H groups in total. The van der Waals surface area contributed by atoms with Crippen LogP contribution in [0.3, 0.4) is 0 Å². The summed E-state index contributed by atoms with van der Waals surface area (Å²) in [6.45, 7) is 4.52. The summed E-state index contributed by atoms with van der Waals surface area (Å²) < 4.78 is 10.9. The molecule has 176 valence electrons. The van der Waals surface area contributed by atoms with E-state index in [9.17, 15) is 14.7 Å². The number of benzene rings is 1. The van der Waals surface area contributed by atoms with Gasteiger partial charge in [0, 0.05) is 18.3 Å². The maximum Gasteiger partial charge on any atom is 0.295 e. The Bertz CT molecular complexity index is 1100. The standard InChI is InChI=1S/C24H30N4O5/c1-14-18(13-25-15(2)26-14)22(29)20-21(17-12-16(32-5)8-9-19(17)33-6)28(24(31)23(20)30)11-7-10-27(3)4/h8-9,12-13,21,29H,7,10-11H2,1-6H3/b22-20+. The summed E-state index contributed by atoms with van der Waals surface area (Å²) >= 11 is 0. The van der Waals surface area contributed by atoms with E-state index >= 15 is 0 Å². The Hall–Kier alpha value is -3.46. The zero-order chi connectivity index (χ0) is 24.3. The van der Waals surface area contributed by atoms with Crippen LogP contribution >= 0.6 is 0 Å². The second-order valence-corrected chi connectivity index (χ2v) is 8.17. The SMILES string of the molecule is COc1ccc(OC)c(C2/C(=C(\O)c3cnc(C)nc3C)C(=O)C(=O)N2CCCN(C)C)c1. The van der Waals surface area contributed by atoms with Crippen LogP contribution in [0.5, 0.6) is 11.5 Å². The van der Waals surface area contributed by atoms with Crippen molar-refractivity contribution in [2.24, 2.45) is 0 Å². The first kappa shape index (κ1) is 24.2. The fourth-order valence-electron chi connectivity index (χ4n) is 4.01. The van der Waals surface area contributed by atoms with E-state index in [0.29, 0.717) is 47.1 Å². The van der Waals surface area contributed by atoms with Crippen LogP contribution in [0.25, 0.3) is 5.76 Å². The topological polar surface area (TPSA) is 105 Å². The van der Waals surface area contributed by atoms with Crippen molar-refractivity contribution in [3.05, 3.63) is 52.6 Å². The van der Waals surface area contributed by atoms with Gasteiger partial charge in [-0.1, -0.05) is 0 Å². The summed E-state index contributed by atoms with van der Waals surface area (Å²) in [6, 6.07) is 4.32. The third-order valence-corrected chi connectivity index (χ3v) is 5.63. The molecule has 1 saturated heterocycles. The van der Waals surface area contributed by atoms with Gasteiger partial charge < -0.3 is 24.4 Å². The number of methoxy groups -OCH3 is 2. The molecule has 0 spiro atoms. The van der Waals surface area contributed by atoms with Crippen molar-refractivity contribution in [1.29, 1.82) is 0 Å². The quantitative estimate of drug-likeness (QED) is 0.369. The number of nitrogens with zero attached hydrogens (tertiary/aromatic N) is 4. The molecule has 1 amide bonds. The van der Waals surface area contributed by atoms with Gasteiger partial charge in [0.05, 0.1) is 37.1 Å². The first-order chi connectivity index (χ1) is 15.7. The molecule has 2 aromatic rings. The molecule has 1 fully saturated rings. The van der Waals surface area contributed by atoms with Gasteiger partial charge in [-0.05, 0) is 59.1 Å². The minimum Gasteiger partial charge on any atom is -0.507 e. The molecule has 3 rings (SSSR count). The van der Waals surface area contributed by atoms with E-state index in [2.05, 4.69) is 9.97 Å². The molecule has 1 unspecified atom stereocenters. The van der Waals surface area contributed by atoms with Crippen LogP contribution in [-0.2, 0) is 9.59 Å². The minimum atomic E-state index is -0.849. The average Bonchev–Trinajstić information content (AvgIpc) is 3.02. The maximum absolute atomic E-state index is 13.2. The summed E-state index contributed by atoms with van der Waals surface area (Å²) in [5.74, 6) is -0.180. The lowest BCUT2D eigenvalue weighted by Gasteiger charge is -2.27. The Morgan fingerprint density at radius 2 is 1.91 bits per heavy atom. The highest BCUT2D eigenvalue weighted by atomic mass is 16.5. The van der Waals surface area contributed by atoms with Crippen molar-refractivity contribution in [3.63, 3.8) is 0 Å². The zero-order valence-electron chi connectivity index (χ0n) is 19.9.